The minimum absolute atomic E-state index is 0.160. The van der Waals surface area contributed by atoms with Crippen molar-refractivity contribution in [1.82, 2.24) is 5.32 Å². The number of nitro benzene ring substituents is 1. The molecular formula is C13H11N3O3. The van der Waals surface area contributed by atoms with Gasteiger partial charge >= 0.3 is 0 Å². The van der Waals surface area contributed by atoms with Crippen LogP contribution in [0.3, 0.4) is 0 Å². The molecule has 0 heterocycles. The molecule has 0 aliphatic carbocycles. The lowest BCUT2D eigenvalue weighted by Crippen LogP contribution is -2.24. The van der Waals surface area contributed by atoms with Crippen molar-refractivity contribution in [2.75, 3.05) is 6.54 Å². The zero-order chi connectivity index (χ0) is 14.3. The molecule has 0 unspecified atom stereocenters. The molecular weight excluding hydrogens is 246 g/mol. The molecule has 1 aromatic rings. The molecule has 0 fully saturated rings. The number of para-hydroxylation sites is 1. The third-order valence-corrected chi connectivity index (χ3v) is 2.21. The fourth-order valence-electron chi connectivity index (χ4n) is 1.34. The zero-order valence-corrected chi connectivity index (χ0v) is 10.00. The van der Waals surface area contributed by atoms with E-state index in [0.717, 1.165) is 0 Å². The van der Waals surface area contributed by atoms with Gasteiger partial charge < -0.3 is 5.32 Å². The monoisotopic (exact) mass is 257 g/mol. The Morgan fingerprint density at radius 2 is 2.21 bits per heavy atom. The number of benzene rings is 1. The average Bonchev–Trinajstić information content (AvgIpc) is 2.42. The summed E-state index contributed by atoms with van der Waals surface area (Å²) in [5.74, 6) is -0.597. The van der Waals surface area contributed by atoms with E-state index in [2.05, 4.69) is 11.9 Å². The predicted molar refractivity (Wildman–Crippen MR) is 69.9 cm³/mol. The number of nitro groups is 1. The first-order valence-electron chi connectivity index (χ1n) is 5.34. The van der Waals surface area contributed by atoms with Crippen molar-refractivity contribution in [3.63, 3.8) is 0 Å². The number of carbonyl (C=O) groups excluding carboxylic acids is 1. The molecule has 6 heteroatoms. The van der Waals surface area contributed by atoms with Gasteiger partial charge in [-0.3, -0.25) is 14.9 Å². The lowest BCUT2D eigenvalue weighted by molar-refractivity contribution is -0.385. The Morgan fingerprint density at radius 1 is 1.53 bits per heavy atom. The lowest BCUT2D eigenvalue weighted by Gasteiger charge is -2.01. The maximum absolute atomic E-state index is 11.6. The SMILES string of the molecule is C=CCNC(=O)/C(C#N)=C\c1ccccc1[N+](=O)[O-]. The number of rotatable bonds is 5. The molecule has 0 aliphatic rings. The van der Waals surface area contributed by atoms with Gasteiger partial charge in [-0.15, -0.1) is 6.58 Å². The zero-order valence-electron chi connectivity index (χ0n) is 10.00. The molecule has 0 aliphatic heterocycles. The van der Waals surface area contributed by atoms with E-state index in [-0.39, 0.29) is 23.4 Å². The van der Waals surface area contributed by atoms with Gasteiger partial charge in [0.25, 0.3) is 11.6 Å². The van der Waals surface area contributed by atoms with Gasteiger partial charge in [-0.1, -0.05) is 18.2 Å². The van der Waals surface area contributed by atoms with Gasteiger partial charge in [0.1, 0.15) is 11.6 Å². The fraction of sp³-hybridized carbons (Fsp3) is 0.0769. The maximum Gasteiger partial charge on any atom is 0.276 e. The molecule has 96 valence electrons. The highest BCUT2D eigenvalue weighted by atomic mass is 16.6. The molecule has 0 saturated carbocycles. The summed E-state index contributed by atoms with van der Waals surface area (Å²) in [5, 5.41) is 22.2. The Morgan fingerprint density at radius 3 is 2.79 bits per heavy atom. The van der Waals surface area contributed by atoms with Gasteiger partial charge in [0.15, 0.2) is 0 Å². The molecule has 0 atom stereocenters. The van der Waals surface area contributed by atoms with Gasteiger partial charge in [-0.25, -0.2) is 0 Å². The molecule has 0 spiro atoms. The van der Waals surface area contributed by atoms with Crippen LogP contribution < -0.4 is 5.32 Å². The molecule has 0 saturated heterocycles. The van der Waals surface area contributed by atoms with E-state index in [4.69, 9.17) is 5.26 Å². The number of hydrogen-bond acceptors (Lipinski definition) is 4. The van der Waals surface area contributed by atoms with E-state index in [9.17, 15) is 14.9 Å². The van der Waals surface area contributed by atoms with Crippen LogP contribution in [0.4, 0.5) is 5.69 Å². The van der Waals surface area contributed by atoms with Crippen LogP contribution >= 0.6 is 0 Å². The highest BCUT2D eigenvalue weighted by Gasteiger charge is 2.14. The highest BCUT2D eigenvalue weighted by molar-refractivity contribution is 6.02. The van der Waals surface area contributed by atoms with Crippen molar-refractivity contribution in [2.45, 2.75) is 0 Å². The Balaban J connectivity index is 3.12. The van der Waals surface area contributed by atoms with Crippen molar-refractivity contribution in [2.24, 2.45) is 0 Å². The Labute approximate surface area is 109 Å². The van der Waals surface area contributed by atoms with E-state index in [1.807, 2.05) is 0 Å². The maximum atomic E-state index is 11.6. The predicted octanol–water partition coefficient (Wildman–Crippen LogP) is 1.80. The molecule has 0 bridgehead atoms. The Hall–Kier alpha value is -2.94. The largest absolute Gasteiger partial charge is 0.348 e. The first-order chi connectivity index (χ1) is 9.10. The van der Waals surface area contributed by atoms with Gasteiger partial charge in [-0.05, 0) is 12.1 Å². The van der Waals surface area contributed by atoms with E-state index >= 15 is 0 Å². The second kappa shape index (κ2) is 6.71. The first-order valence-corrected chi connectivity index (χ1v) is 5.34. The standard InChI is InChI=1S/C13H11N3O3/c1-2-7-15-13(17)11(9-14)8-10-5-3-4-6-12(10)16(18)19/h2-6,8H,1,7H2,(H,15,17)/b11-8-. The van der Waals surface area contributed by atoms with Crippen molar-refractivity contribution in [1.29, 1.82) is 5.26 Å². The average molecular weight is 257 g/mol. The van der Waals surface area contributed by atoms with Crippen LogP contribution in [0, 0.1) is 21.4 Å². The molecule has 1 N–H and O–H groups in total. The van der Waals surface area contributed by atoms with Crippen LogP contribution in [0.15, 0.2) is 42.5 Å². The molecule has 1 amide bonds. The molecule has 19 heavy (non-hydrogen) atoms. The Kier molecular flexibility index (Phi) is 4.99. The lowest BCUT2D eigenvalue weighted by atomic mass is 10.1. The van der Waals surface area contributed by atoms with Crippen LogP contribution in [0.2, 0.25) is 0 Å². The topological polar surface area (TPSA) is 96.0 Å². The van der Waals surface area contributed by atoms with E-state index in [1.54, 1.807) is 12.1 Å². The quantitative estimate of drug-likeness (QED) is 0.286. The second-order valence-corrected chi connectivity index (χ2v) is 3.48. The Bertz CT molecular complexity index is 585. The van der Waals surface area contributed by atoms with Crippen LogP contribution in [0.1, 0.15) is 5.56 Å². The molecule has 1 rings (SSSR count). The molecule has 1 aromatic carbocycles. The van der Waals surface area contributed by atoms with Crippen molar-refractivity contribution in [3.05, 3.63) is 58.2 Å². The summed E-state index contributed by atoms with van der Waals surface area (Å²) in [5.41, 5.74) is -0.152. The number of nitrogens with zero attached hydrogens (tertiary/aromatic N) is 2. The summed E-state index contributed by atoms with van der Waals surface area (Å²) in [4.78, 5) is 21.8. The van der Waals surface area contributed by atoms with Gasteiger partial charge in [0.05, 0.1) is 10.5 Å². The minimum Gasteiger partial charge on any atom is -0.348 e. The smallest absolute Gasteiger partial charge is 0.276 e. The number of hydrogen-bond donors (Lipinski definition) is 1. The summed E-state index contributed by atoms with van der Waals surface area (Å²) in [7, 11) is 0. The molecule has 0 radical (unpaired) electrons. The van der Waals surface area contributed by atoms with Crippen LogP contribution in [0.25, 0.3) is 6.08 Å². The van der Waals surface area contributed by atoms with Crippen molar-refractivity contribution in [3.8, 4) is 6.07 Å². The van der Waals surface area contributed by atoms with Crippen LogP contribution in [-0.4, -0.2) is 17.4 Å². The normalized spacial score (nSPS) is 10.4. The summed E-state index contributed by atoms with van der Waals surface area (Å²) in [6.45, 7) is 3.65. The number of carbonyl (C=O) groups is 1. The number of nitrogens with one attached hydrogen (secondary N) is 1. The summed E-state index contributed by atoms with van der Waals surface area (Å²) >= 11 is 0. The van der Waals surface area contributed by atoms with Crippen molar-refractivity contribution < 1.29 is 9.72 Å². The van der Waals surface area contributed by atoms with Gasteiger partial charge in [0.2, 0.25) is 0 Å². The number of amides is 1. The third kappa shape index (κ3) is 3.78. The first kappa shape index (κ1) is 14.1. The third-order valence-electron chi connectivity index (χ3n) is 2.21. The highest BCUT2D eigenvalue weighted by Crippen LogP contribution is 2.20. The number of nitriles is 1. The molecule has 6 nitrogen and oxygen atoms in total. The van der Waals surface area contributed by atoms with E-state index in [0.29, 0.717) is 0 Å². The molecule has 0 aromatic heterocycles. The summed E-state index contributed by atoms with van der Waals surface area (Å²) in [6, 6.07) is 7.60. The van der Waals surface area contributed by atoms with Gasteiger partial charge in [0, 0.05) is 12.6 Å². The fourth-order valence-corrected chi connectivity index (χ4v) is 1.34. The second-order valence-electron chi connectivity index (χ2n) is 3.48. The van der Waals surface area contributed by atoms with Crippen molar-refractivity contribution >= 4 is 17.7 Å². The summed E-state index contributed by atoms with van der Waals surface area (Å²) < 4.78 is 0. The van der Waals surface area contributed by atoms with E-state index < -0.39 is 10.8 Å². The van der Waals surface area contributed by atoms with Crippen LogP contribution in [-0.2, 0) is 4.79 Å². The summed E-state index contributed by atoms with van der Waals surface area (Å²) in [6.07, 6.45) is 2.66. The van der Waals surface area contributed by atoms with Gasteiger partial charge in [-0.2, -0.15) is 5.26 Å². The van der Waals surface area contributed by atoms with E-state index in [1.165, 1.54) is 30.4 Å². The minimum atomic E-state index is -0.597. The van der Waals surface area contributed by atoms with Crippen LogP contribution in [0.5, 0.6) is 0 Å².